The van der Waals surface area contributed by atoms with Crippen LogP contribution in [-0.4, -0.2) is 51.3 Å². The third-order valence-electron chi connectivity index (χ3n) is 6.76. The molecule has 0 aliphatic carbocycles. The van der Waals surface area contributed by atoms with E-state index in [9.17, 15) is 22.7 Å². The SMILES string of the molecule is O[C@]1([C@H]2COc3cc(F)ccc3[C@@H]2Nc2ncnc3[nH]c(C(F)(F)F)cc23)C[C@@H]2CO[C@@H](C1)O2. The molecular formula is C22H20F4N4O4. The minimum Gasteiger partial charge on any atom is -0.493 e. The van der Waals surface area contributed by atoms with Gasteiger partial charge in [-0.25, -0.2) is 14.4 Å². The van der Waals surface area contributed by atoms with E-state index in [-0.39, 0.29) is 36.0 Å². The summed E-state index contributed by atoms with van der Waals surface area (Å²) in [6.07, 6.45) is -3.76. The summed E-state index contributed by atoms with van der Waals surface area (Å²) in [5.41, 5.74) is -1.63. The highest BCUT2D eigenvalue weighted by Crippen LogP contribution is 2.48. The van der Waals surface area contributed by atoms with Gasteiger partial charge in [-0.3, -0.25) is 0 Å². The Bertz CT molecular complexity index is 1240. The smallest absolute Gasteiger partial charge is 0.431 e. The molecule has 3 aliphatic heterocycles. The number of anilines is 1. The largest absolute Gasteiger partial charge is 0.493 e. The Labute approximate surface area is 190 Å². The molecule has 3 aliphatic rings. The highest BCUT2D eigenvalue weighted by atomic mass is 19.4. The van der Waals surface area contributed by atoms with Crippen LogP contribution in [0.2, 0.25) is 0 Å². The number of aliphatic hydroxyl groups is 1. The first kappa shape index (κ1) is 21.6. The first-order chi connectivity index (χ1) is 16.2. The maximum Gasteiger partial charge on any atom is 0.431 e. The minimum absolute atomic E-state index is 0.0176. The monoisotopic (exact) mass is 480 g/mol. The number of rotatable bonds is 3. The molecule has 0 unspecified atom stereocenters. The third kappa shape index (κ3) is 3.56. The Morgan fingerprint density at radius 3 is 2.79 bits per heavy atom. The van der Waals surface area contributed by atoms with Crippen molar-refractivity contribution < 1.29 is 36.9 Å². The number of benzene rings is 1. The normalized spacial score (nSPS) is 30.7. The van der Waals surface area contributed by atoms with Crippen LogP contribution in [0.5, 0.6) is 5.75 Å². The topological polar surface area (TPSA) is 102 Å². The zero-order chi connectivity index (χ0) is 23.7. The summed E-state index contributed by atoms with van der Waals surface area (Å²) in [5.74, 6) is -0.595. The highest BCUT2D eigenvalue weighted by Gasteiger charge is 2.53. The van der Waals surface area contributed by atoms with Crippen LogP contribution in [0, 0.1) is 11.7 Å². The number of aromatic amines is 1. The predicted molar refractivity (Wildman–Crippen MR) is 109 cm³/mol. The Balaban J connectivity index is 1.42. The number of H-pyrrole nitrogens is 1. The van der Waals surface area contributed by atoms with Gasteiger partial charge in [0, 0.05) is 30.4 Å². The molecular weight excluding hydrogens is 460 g/mol. The Morgan fingerprint density at radius 1 is 1.15 bits per heavy atom. The van der Waals surface area contributed by atoms with Crippen molar-refractivity contribution in [2.24, 2.45) is 5.92 Å². The number of ether oxygens (including phenoxy) is 3. The third-order valence-corrected chi connectivity index (χ3v) is 6.76. The van der Waals surface area contributed by atoms with Gasteiger partial charge < -0.3 is 29.6 Å². The quantitative estimate of drug-likeness (QED) is 0.493. The van der Waals surface area contributed by atoms with E-state index in [1.54, 1.807) is 6.07 Å². The number of hydrogen-bond acceptors (Lipinski definition) is 7. The summed E-state index contributed by atoms with van der Waals surface area (Å²) < 4.78 is 70.8. The lowest BCUT2D eigenvalue weighted by atomic mass is 9.73. The summed E-state index contributed by atoms with van der Waals surface area (Å²) >= 11 is 0. The molecule has 2 aromatic heterocycles. The van der Waals surface area contributed by atoms with Gasteiger partial charge in [0.15, 0.2) is 6.29 Å². The summed E-state index contributed by atoms with van der Waals surface area (Å²) in [4.78, 5) is 10.4. The van der Waals surface area contributed by atoms with Gasteiger partial charge >= 0.3 is 6.18 Å². The van der Waals surface area contributed by atoms with Gasteiger partial charge in [0.25, 0.3) is 0 Å². The van der Waals surface area contributed by atoms with E-state index in [4.69, 9.17) is 14.2 Å². The van der Waals surface area contributed by atoms with Crippen molar-refractivity contribution in [1.82, 2.24) is 15.0 Å². The van der Waals surface area contributed by atoms with E-state index >= 15 is 0 Å². The van der Waals surface area contributed by atoms with Gasteiger partial charge in [0.05, 0.1) is 36.3 Å². The van der Waals surface area contributed by atoms with Crippen LogP contribution >= 0.6 is 0 Å². The van der Waals surface area contributed by atoms with Crippen molar-refractivity contribution in [1.29, 1.82) is 0 Å². The molecule has 8 nitrogen and oxygen atoms in total. The average Bonchev–Trinajstić information content (AvgIpc) is 3.37. The molecule has 34 heavy (non-hydrogen) atoms. The molecule has 3 N–H and O–H groups in total. The molecule has 2 bridgehead atoms. The fourth-order valence-electron chi connectivity index (χ4n) is 5.17. The van der Waals surface area contributed by atoms with Gasteiger partial charge in [0.1, 0.15) is 35.1 Å². The lowest BCUT2D eigenvalue weighted by molar-refractivity contribution is -0.182. The van der Waals surface area contributed by atoms with Gasteiger partial charge in [-0.2, -0.15) is 13.2 Å². The van der Waals surface area contributed by atoms with Crippen molar-refractivity contribution in [3.63, 3.8) is 0 Å². The lowest BCUT2D eigenvalue weighted by Crippen LogP contribution is -2.53. The standard InChI is InChI=1S/C22H20F4N4O4/c23-10-1-2-12-15(3-10)32-8-14(21(31)5-11-7-33-17(6-21)34-11)18(12)30-20-13-4-16(22(24,25)26)29-19(13)27-9-28-20/h1-4,9,11,14,17-18,31H,5-8H2,(H2,27,28,29,30)/t11-,14+,17-,18+,21-/m1/s1. The molecule has 0 spiro atoms. The summed E-state index contributed by atoms with van der Waals surface area (Å²) in [7, 11) is 0. The number of nitrogens with one attached hydrogen (secondary N) is 2. The number of fused-ring (bicyclic) bond motifs is 4. The molecule has 5 heterocycles. The van der Waals surface area contributed by atoms with E-state index in [0.29, 0.717) is 24.3 Å². The van der Waals surface area contributed by atoms with Crippen LogP contribution in [0.1, 0.15) is 30.1 Å². The van der Waals surface area contributed by atoms with E-state index in [2.05, 4.69) is 20.3 Å². The number of halogens is 4. The second-order valence-corrected chi connectivity index (χ2v) is 8.92. The lowest BCUT2D eigenvalue weighted by Gasteiger charge is -2.46. The zero-order valence-corrected chi connectivity index (χ0v) is 17.6. The number of aromatic nitrogens is 3. The molecule has 0 amide bonds. The fraction of sp³-hybridized carbons (Fsp3) is 0.455. The Kier molecular flexibility index (Phi) is 4.77. The van der Waals surface area contributed by atoms with Crippen LogP contribution in [0.4, 0.5) is 23.4 Å². The van der Waals surface area contributed by atoms with Crippen LogP contribution in [-0.2, 0) is 15.7 Å². The van der Waals surface area contributed by atoms with E-state index in [0.717, 1.165) is 12.4 Å². The van der Waals surface area contributed by atoms with Crippen molar-refractivity contribution in [2.45, 2.75) is 43.1 Å². The summed E-state index contributed by atoms with van der Waals surface area (Å²) in [5, 5.41) is 15.0. The molecule has 3 aromatic rings. The molecule has 2 fully saturated rings. The maximum absolute atomic E-state index is 13.9. The van der Waals surface area contributed by atoms with Gasteiger partial charge in [-0.15, -0.1) is 0 Å². The summed E-state index contributed by atoms with van der Waals surface area (Å²) in [6, 6.07) is 4.35. The Hall–Kier alpha value is -2.96. The van der Waals surface area contributed by atoms with Gasteiger partial charge in [-0.1, -0.05) is 6.07 Å². The van der Waals surface area contributed by atoms with E-state index in [1.165, 1.54) is 12.1 Å². The first-order valence-electron chi connectivity index (χ1n) is 10.8. The number of alkyl halides is 3. The molecule has 180 valence electrons. The van der Waals surface area contributed by atoms with E-state index in [1.807, 2.05) is 0 Å². The minimum atomic E-state index is -4.58. The number of nitrogens with zero attached hydrogens (tertiary/aromatic N) is 2. The van der Waals surface area contributed by atoms with Crippen molar-refractivity contribution in [3.8, 4) is 5.75 Å². The molecule has 12 heteroatoms. The second-order valence-electron chi connectivity index (χ2n) is 8.92. The zero-order valence-electron chi connectivity index (χ0n) is 17.6. The van der Waals surface area contributed by atoms with Crippen molar-refractivity contribution in [2.75, 3.05) is 18.5 Å². The van der Waals surface area contributed by atoms with Crippen LogP contribution in [0.25, 0.3) is 11.0 Å². The van der Waals surface area contributed by atoms with Crippen molar-refractivity contribution in [3.05, 3.63) is 47.7 Å². The molecule has 0 radical (unpaired) electrons. The molecule has 0 saturated carbocycles. The molecule has 1 aromatic carbocycles. The molecule has 5 atom stereocenters. The van der Waals surface area contributed by atoms with Crippen LogP contribution < -0.4 is 10.1 Å². The number of hydrogen-bond donors (Lipinski definition) is 3. The summed E-state index contributed by atoms with van der Waals surface area (Å²) in [6.45, 7) is 0.426. The first-order valence-corrected chi connectivity index (χ1v) is 10.8. The van der Waals surface area contributed by atoms with E-state index < -0.39 is 41.5 Å². The molecule has 2 saturated heterocycles. The Morgan fingerprint density at radius 2 is 2.00 bits per heavy atom. The van der Waals surface area contributed by atoms with Gasteiger partial charge in [-0.05, 0) is 12.1 Å². The second kappa shape index (κ2) is 7.52. The maximum atomic E-state index is 13.9. The predicted octanol–water partition coefficient (Wildman–Crippen LogP) is 3.54. The fourth-order valence-corrected chi connectivity index (χ4v) is 5.17. The molecule has 6 rings (SSSR count). The van der Waals surface area contributed by atoms with Gasteiger partial charge in [0.2, 0.25) is 0 Å². The highest BCUT2D eigenvalue weighted by molar-refractivity contribution is 5.88. The van der Waals surface area contributed by atoms with Crippen molar-refractivity contribution >= 4 is 16.9 Å². The average molecular weight is 480 g/mol. The van der Waals surface area contributed by atoms with Crippen LogP contribution in [0.15, 0.2) is 30.6 Å². The van der Waals surface area contributed by atoms with Crippen LogP contribution in [0.3, 0.4) is 0 Å².